The topological polar surface area (TPSA) is 149 Å². The smallest absolute Gasteiger partial charge is 0.318 e. The van der Waals surface area contributed by atoms with Gasteiger partial charge in [-0.25, -0.2) is 0 Å². The minimum atomic E-state index is -1.51. The lowest BCUT2D eigenvalue weighted by atomic mass is 9.66. The molecule has 1 aromatic carbocycles. The van der Waals surface area contributed by atoms with Gasteiger partial charge < -0.3 is 23.7 Å². The van der Waals surface area contributed by atoms with Gasteiger partial charge >= 0.3 is 29.8 Å². The third-order valence-corrected chi connectivity index (χ3v) is 6.46. The normalized spacial score (nSPS) is 19.1. The molecule has 1 aliphatic heterocycles. The van der Waals surface area contributed by atoms with Crippen LogP contribution in [0, 0.1) is 23.2 Å². The molecule has 2 rings (SSSR count). The number of carbonyl (C=O) groups excluding carboxylic acids is 6. The lowest BCUT2D eigenvalue weighted by Crippen LogP contribution is -2.46. The van der Waals surface area contributed by atoms with Crippen molar-refractivity contribution >= 4 is 35.6 Å². The average molecular weight is 535 g/mol. The third-order valence-electron chi connectivity index (χ3n) is 6.46. The number of cyclic esters (lactones) is 2. The molecular weight excluding hydrogens is 500 g/mol. The van der Waals surface area contributed by atoms with E-state index in [1.807, 2.05) is 6.07 Å². The van der Waals surface area contributed by atoms with E-state index >= 15 is 0 Å². The van der Waals surface area contributed by atoms with Gasteiger partial charge in [-0.3, -0.25) is 28.8 Å². The molecule has 11 nitrogen and oxygen atoms in total. The standard InChI is InChI=1S/C27H34O11/c1-5-19(23(30)36-14-12-34-18-10-8-7-9-11-18)21-22(25(32)38-24(21)31)27(4,6-2)26(33)37-15-13-35-20(29)16-17(3)28/h7-11,19,21-22H,5-6,12-16H2,1-4H3. The highest BCUT2D eigenvalue weighted by molar-refractivity contribution is 6.01. The molecule has 4 unspecified atom stereocenters. The number of hydrogen-bond donors (Lipinski definition) is 0. The van der Waals surface area contributed by atoms with Crippen molar-refractivity contribution in [3.05, 3.63) is 30.3 Å². The second kappa shape index (κ2) is 14.3. The Hall–Kier alpha value is -3.76. The molecule has 1 heterocycles. The number of rotatable bonds is 15. The van der Waals surface area contributed by atoms with E-state index in [1.165, 1.54) is 13.8 Å². The molecule has 1 fully saturated rings. The van der Waals surface area contributed by atoms with Gasteiger partial charge in [-0.05, 0) is 38.8 Å². The van der Waals surface area contributed by atoms with E-state index in [0.717, 1.165) is 0 Å². The second-order valence-electron chi connectivity index (χ2n) is 9.09. The first kappa shape index (κ1) is 30.5. The van der Waals surface area contributed by atoms with Crippen molar-refractivity contribution in [2.24, 2.45) is 23.2 Å². The van der Waals surface area contributed by atoms with Crippen LogP contribution in [-0.2, 0) is 47.7 Å². The predicted molar refractivity (Wildman–Crippen MR) is 130 cm³/mol. The summed E-state index contributed by atoms with van der Waals surface area (Å²) in [5, 5.41) is 0. The molecule has 0 bridgehead atoms. The van der Waals surface area contributed by atoms with Crippen LogP contribution >= 0.6 is 0 Å². The van der Waals surface area contributed by atoms with Crippen LogP contribution in [0.3, 0.4) is 0 Å². The Balaban J connectivity index is 2.05. The van der Waals surface area contributed by atoms with E-state index < -0.39 is 59.4 Å². The Kier molecular flexibility index (Phi) is 11.4. The highest BCUT2D eigenvalue weighted by Gasteiger charge is 2.60. The van der Waals surface area contributed by atoms with E-state index in [-0.39, 0.29) is 45.1 Å². The van der Waals surface area contributed by atoms with Crippen LogP contribution in [0.15, 0.2) is 30.3 Å². The minimum absolute atomic E-state index is 0.0830. The SMILES string of the molecule is CCC(C(=O)OCCOc1ccccc1)C1C(=O)OC(=O)C1C(C)(CC)C(=O)OCCOC(=O)CC(C)=O. The summed E-state index contributed by atoms with van der Waals surface area (Å²) in [5.41, 5.74) is -1.51. The summed E-state index contributed by atoms with van der Waals surface area (Å²) in [5.74, 6) is -7.45. The molecule has 38 heavy (non-hydrogen) atoms. The summed E-state index contributed by atoms with van der Waals surface area (Å²) in [7, 11) is 0. The summed E-state index contributed by atoms with van der Waals surface area (Å²) in [4.78, 5) is 73.9. The Morgan fingerprint density at radius 3 is 2.16 bits per heavy atom. The first-order valence-electron chi connectivity index (χ1n) is 12.5. The van der Waals surface area contributed by atoms with E-state index in [2.05, 4.69) is 0 Å². The quantitative estimate of drug-likeness (QED) is 0.141. The fourth-order valence-electron chi connectivity index (χ4n) is 4.26. The number of ketones is 1. The number of benzene rings is 1. The summed E-state index contributed by atoms with van der Waals surface area (Å²) in [6.45, 7) is 5.39. The maximum absolute atomic E-state index is 13.1. The molecule has 0 radical (unpaired) electrons. The molecule has 0 aliphatic carbocycles. The van der Waals surface area contributed by atoms with Gasteiger partial charge in [0, 0.05) is 0 Å². The lowest BCUT2D eigenvalue weighted by molar-refractivity contribution is -0.169. The monoisotopic (exact) mass is 534 g/mol. The van der Waals surface area contributed by atoms with Crippen LogP contribution in [0.25, 0.3) is 0 Å². The molecular formula is C27H34O11. The molecule has 1 aliphatic rings. The highest BCUT2D eigenvalue weighted by atomic mass is 16.6. The number of ether oxygens (including phenoxy) is 5. The largest absolute Gasteiger partial charge is 0.490 e. The maximum atomic E-state index is 13.1. The van der Waals surface area contributed by atoms with Gasteiger partial charge in [-0.2, -0.15) is 0 Å². The van der Waals surface area contributed by atoms with E-state index in [4.69, 9.17) is 23.7 Å². The van der Waals surface area contributed by atoms with Crippen LogP contribution < -0.4 is 4.74 Å². The third kappa shape index (κ3) is 7.87. The molecule has 0 amide bonds. The van der Waals surface area contributed by atoms with Crippen LogP contribution in [0.5, 0.6) is 5.75 Å². The fourth-order valence-corrected chi connectivity index (χ4v) is 4.26. The van der Waals surface area contributed by atoms with Gasteiger partial charge in [0.1, 0.15) is 44.4 Å². The molecule has 0 N–H and O–H groups in total. The molecule has 0 spiro atoms. The summed E-state index contributed by atoms with van der Waals surface area (Å²) in [6.07, 6.45) is -0.149. The first-order chi connectivity index (χ1) is 18.0. The zero-order valence-corrected chi connectivity index (χ0v) is 22.1. The molecule has 11 heteroatoms. The minimum Gasteiger partial charge on any atom is -0.490 e. The summed E-state index contributed by atoms with van der Waals surface area (Å²) >= 11 is 0. The average Bonchev–Trinajstić information content (AvgIpc) is 3.18. The van der Waals surface area contributed by atoms with Crippen molar-refractivity contribution in [1.29, 1.82) is 0 Å². The number of carbonyl (C=O) groups is 6. The van der Waals surface area contributed by atoms with E-state index in [0.29, 0.717) is 5.75 Å². The van der Waals surface area contributed by atoms with Crippen molar-refractivity contribution < 1.29 is 52.5 Å². The van der Waals surface area contributed by atoms with Crippen molar-refractivity contribution in [3.63, 3.8) is 0 Å². The molecule has 0 saturated carbocycles. The van der Waals surface area contributed by atoms with Crippen LogP contribution in [0.4, 0.5) is 0 Å². The predicted octanol–water partition coefficient (Wildman–Crippen LogP) is 2.43. The van der Waals surface area contributed by atoms with Gasteiger partial charge in [0.25, 0.3) is 0 Å². The number of esters is 5. The Bertz CT molecular complexity index is 1020. The summed E-state index contributed by atoms with van der Waals surface area (Å²) in [6, 6.07) is 8.94. The molecule has 1 saturated heterocycles. The van der Waals surface area contributed by atoms with Crippen LogP contribution in [-0.4, -0.2) is 62.1 Å². The number of Topliss-reactive ketones (excluding diaryl/α,β-unsaturated/α-hetero) is 1. The van der Waals surface area contributed by atoms with Gasteiger partial charge in [-0.15, -0.1) is 0 Å². The van der Waals surface area contributed by atoms with Gasteiger partial charge in [0.05, 0.1) is 23.2 Å². The lowest BCUT2D eigenvalue weighted by Gasteiger charge is -2.34. The molecule has 1 aromatic rings. The number of para-hydroxylation sites is 1. The zero-order valence-electron chi connectivity index (χ0n) is 22.1. The Morgan fingerprint density at radius 1 is 0.921 bits per heavy atom. The van der Waals surface area contributed by atoms with Crippen molar-refractivity contribution in [1.82, 2.24) is 0 Å². The van der Waals surface area contributed by atoms with Gasteiger partial charge in [0.2, 0.25) is 0 Å². The van der Waals surface area contributed by atoms with Crippen molar-refractivity contribution in [2.45, 2.75) is 47.0 Å². The molecule has 4 atom stereocenters. The summed E-state index contributed by atoms with van der Waals surface area (Å²) < 4.78 is 25.8. The molecule has 0 aromatic heterocycles. The van der Waals surface area contributed by atoms with Gasteiger partial charge in [0.15, 0.2) is 0 Å². The van der Waals surface area contributed by atoms with E-state index in [1.54, 1.807) is 38.1 Å². The van der Waals surface area contributed by atoms with E-state index in [9.17, 15) is 28.8 Å². The van der Waals surface area contributed by atoms with Crippen molar-refractivity contribution in [3.8, 4) is 5.75 Å². The molecule has 208 valence electrons. The second-order valence-corrected chi connectivity index (χ2v) is 9.09. The number of hydrogen-bond acceptors (Lipinski definition) is 11. The Morgan fingerprint density at radius 2 is 1.55 bits per heavy atom. The van der Waals surface area contributed by atoms with Crippen LogP contribution in [0.2, 0.25) is 0 Å². The zero-order chi connectivity index (χ0) is 28.3. The maximum Gasteiger partial charge on any atom is 0.318 e. The first-order valence-corrected chi connectivity index (χ1v) is 12.5. The highest BCUT2D eigenvalue weighted by Crippen LogP contribution is 2.46. The van der Waals surface area contributed by atoms with Crippen LogP contribution in [0.1, 0.15) is 47.0 Å². The van der Waals surface area contributed by atoms with Crippen molar-refractivity contribution in [2.75, 3.05) is 26.4 Å². The Labute approximate surface area is 221 Å². The fraction of sp³-hybridized carbons (Fsp3) is 0.556. The van der Waals surface area contributed by atoms with Gasteiger partial charge in [-0.1, -0.05) is 32.0 Å².